The Balaban J connectivity index is 0.00000180. The summed E-state index contributed by atoms with van der Waals surface area (Å²) in [4.78, 5) is 11.3. The van der Waals surface area contributed by atoms with E-state index >= 15 is 0 Å². The maximum atomic E-state index is 10.2. The zero-order valence-corrected chi connectivity index (χ0v) is 13.3. The normalized spacial score (nSPS) is 10.5. The van der Waals surface area contributed by atoms with Crippen LogP contribution in [0.15, 0.2) is 29.8 Å². The molecule has 0 aliphatic carbocycles. The van der Waals surface area contributed by atoms with Gasteiger partial charge in [-0.25, -0.2) is 4.68 Å². The van der Waals surface area contributed by atoms with Gasteiger partial charge < -0.3 is 14.6 Å². The average Bonchev–Trinajstić information content (AvgIpc) is 2.96. The summed E-state index contributed by atoms with van der Waals surface area (Å²) in [7, 11) is 0. The molecule has 0 saturated carbocycles. The van der Waals surface area contributed by atoms with Crippen molar-refractivity contribution in [3.63, 3.8) is 0 Å². The molecular weight excluding hydrogens is 275 g/mol. The summed E-state index contributed by atoms with van der Waals surface area (Å²) in [6, 6.07) is 5.82. The largest absolute Gasteiger partial charge is 1.00 e. The number of hydrogen-bond acceptors (Lipinski definition) is 5. The van der Waals surface area contributed by atoms with Gasteiger partial charge in [0.25, 0.3) is 0 Å². The molecule has 0 radical (unpaired) electrons. The summed E-state index contributed by atoms with van der Waals surface area (Å²) >= 11 is 1.65. The second-order valence-corrected chi connectivity index (χ2v) is 4.46. The van der Waals surface area contributed by atoms with Gasteiger partial charge in [-0.15, -0.1) is 11.3 Å². The zero-order chi connectivity index (χ0) is 12.8. The number of hydrogen-bond donors (Lipinski definition) is 0. The molecule has 5 nitrogen and oxygen atoms in total. The van der Waals surface area contributed by atoms with E-state index in [9.17, 15) is 9.90 Å². The second kappa shape index (κ2) is 8.29. The molecule has 0 fully saturated rings. The van der Waals surface area contributed by atoms with Crippen molar-refractivity contribution in [1.29, 1.82) is 0 Å². The van der Waals surface area contributed by atoms with E-state index in [0.29, 0.717) is 0 Å². The fourth-order valence-corrected chi connectivity index (χ4v) is 1.93. The minimum Gasteiger partial charge on any atom is -0.548 e. The van der Waals surface area contributed by atoms with Gasteiger partial charge in [0.1, 0.15) is 6.73 Å². The number of ether oxygens (including phenoxy) is 1. The monoisotopic (exact) mass is 286 g/mol. The van der Waals surface area contributed by atoms with Crippen molar-refractivity contribution in [2.24, 2.45) is 0 Å². The van der Waals surface area contributed by atoms with E-state index in [1.807, 2.05) is 35.7 Å². The van der Waals surface area contributed by atoms with E-state index in [-0.39, 0.29) is 36.3 Å². The number of carboxylic acid groups (broad SMARTS) is 1. The smallest absolute Gasteiger partial charge is 0.548 e. The van der Waals surface area contributed by atoms with Crippen LogP contribution in [0, 0.1) is 0 Å². The summed E-state index contributed by atoms with van der Waals surface area (Å²) in [6.45, 7) is -0.332. The summed E-state index contributed by atoms with van der Waals surface area (Å²) in [6.07, 6.45) is 5.59. The Morgan fingerprint density at radius 1 is 1.47 bits per heavy atom. The van der Waals surface area contributed by atoms with E-state index in [1.54, 1.807) is 17.5 Å². The van der Waals surface area contributed by atoms with Crippen LogP contribution in [0.2, 0.25) is 0 Å². The van der Waals surface area contributed by atoms with E-state index in [1.165, 1.54) is 4.68 Å². The first-order valence-electron chi connectivity index (χ1n) is 5.27. The Morgan fingerprint density at radius 2 is 2.32 bits per heavy atom. The van der Waals surface area contributed by atoms with Gasteiger partial charge >= 0.3 is 29.6 Å². The summed E-state index contributed by atoms with van der Waals surface area (Å²) < 4.78 is 6.39. The number of rotatable bonds is 6. The van der Waals surface area contributed by atoms with Crippen molar-refractivity contribution in [2.45, 2.75) is 6.73 Å². The van der Waals surface area contributed by atoms with Gasteiger partial charge in [-0.2, -0.15) is 5.10 Å². The molecule has 2 aromatic heterocycles. The van der Waals surface area contributed by atoms with Gasteiger partial charge in [-0.1, -0.05) is 6.07 Å². The van der Waals surface area contributed by atoms with Gasteiger partial charge in [0, 0.05) is 11.1 Å². The van der Waals surface area contributed by atoms with Crippen LogP contribution in [0.3, 0.4) is 0 Å². The fourth-order valence-electron chi connectivity index (χ4n) is 1.31. The van der Waals surface area contributed by atoms with Gasteiger partial charge in [-0.3, -0.25) is 0 Å². The van der Waals surface area contributed by atoms with E-state index < -0.39 is 12.6 Å². The number of carboxylic acids is 1. The van der Waals surface area contributed by atoms with Crippen LogP contribution in [-0.2, 0) is 16.3 Å². The van der Waals surface area contributed by atoms with Crippen LogP contribution in [0.4, 0.5) is 0 Å². The van der Waals surface area contributed by atoms with Crippen molar-refractivity contribution in [2.75, 3.05) is 6.61 Å². The molecule has 0 unspecified atom stereocenters. The fraction of sp³-hybridized carbons (Fsp3) is 0.167. The van der Waals surface area contributed by atoms with Crippen molar-refractivity contribution >= 4 is 29.5 Å². The van der Waals surface area contributed by atoms with Gasteiger partial charge in [-0.05, 0) is 29.7 Å². The van der Waals surface area contributed by atoms with Gasteiger partial charge in [0.05, 0.1) is 18.3 Å². The molecule has 0 atom stereocenters. The van der Waals surface area contributed by atoms with Crippen LogP contribution >= 0.6 is 11.3 Å². The minimum absolute atomic E-state index is 0. The molecule has 0 aliphatic heterocycles. The molecule has 2 heterocycles. The van der Waals surface area contributed by atoms with Gasteiger partial charge in [0.2, 0.25) is 0 Å². The number of thiophene rings is 1. The van der Waals surface area contributed by atoms with Gasteiger partial charge in [0.15, 0.2) is 0 Å². The van der Waals surface area contributed by atoms with Crippen molar-refractivity contribution < 1.29 is 44.2 Å². The predicted octanol–water partition coefficient (Wildman–Crippen LogP) is -2.16. The van der Waals surface area contributed by atoms with Crippen LogP contribution in [-0.4, -0.2) is 22.4 Å². The third kappa shape index (κ3) is 5.71. The Kier molecular flexibility index (Phi) is 7.04. The first kappa shape index (κ1) is 16.1. The standard InChI is InChI=1S/C12H12N2O3S.Na/c15-12(16)8-17-9-14-6-5-10(13-14)3-4-11-2-1-7-18-11;/h1-7H,8-9H2,(H,15,16);/q;+1/p-1/b4-3+;. The number of aliphatic carboxylic acids is 1. The third-order valence-electron chi connectivity index (χ3n) is 2.07. The summed E-state index contributed by atoms with van der Waals surface area (Å²) in [5.41, 5.74) is 0.792. The topological polar surface area (TPSA) is 67.2 Å². The Hall–Kier alpha value is -0.920. The molecule has 0 saturated heterocycles. The molecule has 0 N–H and O–H groups in total. The number of carbonyl (C=O) groups excluding carboxylic acids is 1. The predicted molar refractivity (Wildman–Crippen MR) is 66.4 cm³/mol. The van der Waals surface area contributed by atoms with Crippen LogP contribution in [0.1, 0.15) is 10.6 Å². The van der Waals surface area contributed by atoms with Crippen LogP contribution < -0.4 is 34.7 Å². The molecule has 94 valence electrons. The molecule has 2 aromatic rings. The van der Waals surface area contributed by atoms with Crippen LogP contribution in [0.25, 0.3) is 12.2 Å². The average molecular weight is 286 g/mol. The minimum atomic E-state index is -1.24. The Bertz CT molecular complexity index is 537. The van der Waals surface area contributed by atoms with E-state index in [2.05, 4.69) is 5.10 Å². The number of carbonyl (C=O) groups is 1. The van der Waals surface area contributed by atoms with E-state index in [0.717, 1.165) is 10.6 Å². The third-order valence-corrected chi connectivity index (χ3v) is 2.90. The molecule has 0 spiro atoms. The zero-order valence-electron chi connectivity index (χ0n) is 10.5. The molecular formula is C12H11N2NaO3S. The van der Waals surface area contributed by atoms with Crippen molar-refractivity contribution in [1.82, 2.24) is 9.78 Å². The summed E-state index contributed by atoms with van der Waals surface area (Å²) in [5, 5.41) is 16.4. The van der Waals surface area contributed by atoms with E-state index in [4.69, 9.17) is 4.74 Å². The molecule has 0 aliphatic rings. The molecule has 19 heavy (non-hydrogen) atoms. The molecule has 2 rings (SSSR count). The number of nitrogens with zero attached hydrogens (tertiary/aromatic N) is 2. The first-order valence-corrected chi connectivity index (χ1v) is 6.14. The maximum Gasteiger partial charge on any atom is 1.00 e. The Morgan fingerprint density at radius 3 is 3.00 bits per heavy atom. The molecule has 0 bridgehead atoms. The van der Waals surface area contributed by atoms with Crippen molar-refractivity contribution in [3.05, 3.63) is 40.3 Å². The molecule has 0 aromatic carbocycles. The second-order valence-electron chi connectivity index (χ2n) is 3.48. The SMILES string of the molecule is O=C([O-])COCn1ccc(/C=C/c2cccs2)n1.[Na+]. The first-order chi connectivity index (χ1) is 8.74. The number of aromatic nitrogens is 2. The maximum absolute atomic E-state index is 10.2. The van der Waals surface area contributed by atoms with Crippen LogP contribution in [0.5, 0.6) is 0 Å². The molecule has 7 heteroatoms. The summed E-state index contributed by atoms with van der Waals surface area (Å²) in [5.74, 6) is -1.24. The van der Waals surface area contributed by atoms with Crippen molar-refractivity contribution in [3.8, 4) is 0 Å². The quantitative estimate of drug-likeness (QED) is 0.568. The molecule has 0 amide bonds. The Labute approximate surface area is 136 Å².